The molecule has 0 saturated heterocycles. The summed E-state index contributed by atoms with van der Waals surface area (Å²) in [4.78, 5) is 22.7. The van der Waals surface area contributed by atoms with E-state index in [1.54, 1.807) is 29.2 Å². The quantitative estimate of drug-likeness (QED) is 0.455. The molecule has 0 spiro atoms. The maximum atomic E-state index is 12.2. The number of aryl methyl sites for hydroxylation is 1. The number of carbonyl (C=O) groups excluding carboxylic acids is 1. The molecule has 28 heavy (non-hydrogen) atoms. The smallest absolute Gasteiger partial charge is 0.311 e. The van der Waals surface area contributed by atoms with E-state index >= 15 is 0 Å². The number of nitro groups is 1. The van der Waals surface area contributed by atoms with Crippen LogP contribution < -0.4 is 10.1 Å². The number of nitro benzene ring substituents is 1. The van der Waals surface area contributed by atoms with Crippen molar-refractivity contribution >= 4 is 23.2 Å². The van der Waals surface area contributed by atoms with Crippen LogP contribution in [0.25, 0.3) is 0 Å². The molecule has 1 N–H and O–H groups in total. The van der Waals surface area contributed by atoms with Gasteiger partial charge in [0.05, 0.1) is 16.5 Å². The summed E-state index contributed by atoms with van der Waals surface area (Å²) in [5, 5.41) is 22.5. The number of rotatable bonds is 8. The van der Waals surface area contributed by atoms with Crippen molar-refractivity contribution in [1.29, 1.82) is 0 Å². The molecule has 0 saturated carbocycles. The van der Waals surface area contributed by atoms with Gasteiger partial charge in [0, 0.05) is 25.0 Å². The molecule has 1 aromatic carbocycles. The van der Waals surface area contributed by atoms with Gasteiger partial charge in [0.25, 0.3) is 5.91 Å². The van der Waals surface area contributed by atoms with Crippen LogP contribution in [-0.2, 0) is 19.8 Å². The lowest BCUT2D eigenvalue weighted by Gasteiger charge is -2.06. The molecule has 0 aliphatic heterocycles. The van der Waals surface area contributed by atoms with Gasteiger partial charge in [-0.1, -0.05) is 23.7 Å². The number of halogens is 1. The molecule has 1 amide bonds. The van der Waals surface area contributed by atoms with E-state index in [0.717, 1.165) is 0 Å². The highest BCUT2D eigenvalue weighted by atomic mass is 35.5. The maximum absolute atomic E-state index is 12.2. The molecule has 0 radical (unpaired) electrons. The Balaban J connectivity index is 1.58. The summed E-state index contributed by atoms with van der Waals surface area (Å²) < 4.78 is 8.48. The Labute approximate surface area is 164 Å². The van der Waals surface area contributed by atoms with Crippen LogP contribution >= 0.6 is 11.6 Å². The summed E-state index contributed by atoms with van der Waals surface area (Å²) in [5.41, 5.74) is 0.601. The first-order valence-corrected chi connectivity index (χ1v) is 8.75. The van der Waals surface area contributed by atoms with Crippen LogP contribution in [-0.4, -0.2) is 30.4 Å². The SMILES string of the molecule is CCn1cc(Cl)c(CNC(=O)c2ccn(COc3ccccc3[N+](=O)[O-])n2)n1. The summed E-state index contributed by atoms with van der Waals surface area (Å²) in [6.07, 6.45) is 3.24. The van der Waals surface area contributed by atoms with Gasteiger partial charge in [0.2, 0.25) is 0 Å². The highest BCUT2D eigenvalue weighted by molar-refractivity contribution is 6.31. The molecule has 2 aromatic heterocycles. The number of benzene rings is 1. The largest absolute Gasteiger partial charge is 0.464 e. The van der Waals surface area contributed by atoms with Crippen LogP contribution in [0, 0.1) is 10.1 Å². The van der Waals surface area contributed by atoms with Gasteiger partial charge in [-0.3, -0.25) is 19.6 Å². The molecule has 0 aliphatic rings. The Morgan fingerprint density at radius 2 is 2.07 bits per heavy atom. The monoisotopic (exact) mass is 404 g/mol. The molecular weight excluding hydrogens is 388 g/mol. The second kappa shape index (κ2) is 8.53. The lowest BCUT2D eigenvalue weighted by molar-refractivity contribution is -0.386. The average molecular weight is 405 g/mol. The zero-order valence-electron chi connectivity index (χ0n) is 14.9. The summed E-state index contributed by atoms with van der Waals surface area (Å²) in [6, 6.07) is 7.55. The van der Waals surface area contributed by atoms with E-state index in [0.29, 0.717) is 17.3 Å². The van der Waals surface area contributed by atoms with Gasteiger partial charge in [-0.2, -0.15) is 10.2 Å². The highest BCUT2D eigenvalue weighted by Crippen LogP contribution is 2.25. The van der Waals surface area contributed by atoms with Gasteiger partial charge in [-0.15, -0.1) is 0 Å². The third-order valence-electron chi connectivity index (χ3n) is 3.82. The normalized spacial score (nSPS) is 10.6. The topological polar surface area (TPSA) is 117 Å². The Hall–Kier alpha value is -3.40. The number of aromatic nitrogens is 4. The minimum absolute atomic E-state index is 0.0785. The molecule has 11 heteroatoms. The molecule has 2 heterocycles. The standard InChI is InChI=1S/C17H17ClN6O4/c1-2-22-10-12(18)14(21-22)9-19-17(25)13-7-8-23(20-13)11-28-16-6-4-3-5-15(16)24(26)27/h3-8,10H,2,9,11H2,1H3,(H,19,25). The lowest BCUT2D eigenvalue weighted by Crippen LogP contribution is -2.24. The molecule has 0 aliphatic carbocycles. The van der Waals surface area contributed by atoms with Crippen molar-refractivity contribution in [3.05, 3.63) is 69.3 Å². The van der Waals surface area contributed by atoms with Crippen LogP contribution in [0.3, 0.4) is 0 Å². The number of nitrogens with one attached hydrogen (secondary N) is 1. The average Bonchev–Trinajstić information content (AvgIpc) is 3.31. The Morgan fingerprint density at radius 3 is 2.79 bits per heavy atom. The number of hydrogen-bond donors (Lipinski definition) is 1. The zero-order chi connectivity index (χ0) is 20.1. The van der Waals surface area contributed by atoms with Crippen molar-refractivity contribution in [2.75, 3.05) is 0 Å². The Bertz CT molecular complexity index is 999. The van der Waals surface area contributed by atoms with E-state index in [4.69, 9.17) is 16.3 Å². The lowest BCUT2D eigenvalue weighted by atomic mass is 10.3. The van der Waals surface area contributed by atoms with E-state index in [9.17, 15) is 14.9 Å². The maximum Gasteiger partial charge on any atom is 0.311 e. The highest BCUT2D eigenvalue weighted by Gasteiger charge is 2.15. The molecule has 3 rings (SSSR count). The summed E-state index contributed by atoms with van der Waals surface area (Å²) in [6.45, 7) is 2.71. The van der Waals surface area contributed by atoms with E-state index in [-0.39, 0.29) is 30.4 Å². The molecule has 0 unspecified atom stereocenters. The summed E-state index contributed by atoms with van der Waals surface area (Å²) in [7, 11) is 0. The van der Waals surface area contributed by atoms with Crippen LogP contribution in [0.15, 0.2) is 42.7 Å². The van der Waals surface area contributed by atoms with Crippen molar-refractivity contribution in [2.45, 2.75) is 26.7 Å². The van der Waals surface area contributed by atoms with Crippen molar-refractivity contribution in [2.24, 2.45) is 0 Å². The second-order valence-electron chi connectivity index (χ2n) is 5.70. The molecule has 10 nitrogen and oxygen atoms in total. The molecule has 0 fully saturated rings. The number of ether oxygens (including phenoxy) is 1. The van der Waals surface area contributed by atoms with Crippen molar-refractivity contribution < 1.29 is 14.5 Å². The van der Waals surface area contributed by atoms with E-state index in [1.807, 2.05) is 6.92 Å². The number of nitrogens with zero attached hydrogens (tertiary/aromatic N) is 5. The van der Waals surface area contributed by atoms with Gasteiger partial charge < -0.3 is 10.1 Å². The van der Waals surface area contributed by atoms with Crippen molar-refractivity contribution in [3.63, 3.8) is 0 Å². The fraction of sp³-hybridized carbons (Fsp3) is 0.235. The number of hydrogen-bond acceptors (Lipinski definition) is 6. The van der Waals surface area contributed by atoms with Crippen LogP contribution in [0.1, 0.15) is 23.1 Å². The second-order valence-corrected chi connectivity index (χ2v) is 6.11. The molecule has 0 bridgehead atoms. The first-order chi connectivity index (χ1) is 13.5. The van der Waals surface area contributed by atoms with Gasteiger partial charge in [-0.05, 0) is 19.1 Å². The molecule has 0 atom stereocenters. The third-order valence-corrected chi connectivity index (χ3v) is 4.13. The fourth-order valence-electron chi connectivity index (χ4n) is 2.39. The van der Waals surface area contributed by atoms with Crippen LogP contribution in [0.4, 0.5) is 5.69 Å². The predicted molar refractivity (Wildman–Crippen MR) is 100 cm³/mol. The van der Waals surface area contributed by atoms with Crippen LogP contribution in [0.2, 0.25) is 5.02 Å². The van der Waals surface area contributed by atoms with Gasteiger partial charge in [0.15, 0.2) is 12.5 Å². The van der Waals surface area contributed by atoms with Gasteiger partial charge in [0.1, 0.15) is 11.4 Å². The Kier molecular flexibility index (Phi) is 5.90. The third kappa shape index (κ3) is 4.46. The fourth-order valence-corrected chi connectivity index (χ4v) is 2.61. The van der Waals surface area contributed by atoms with Crippen molar-refractivity contribution in [3.8, 4) is 5.75 Å². The molecule has 146 valence electrons. The van der Waals surface area contributed by atoms with E-state index < -0.39 is 10.8 Å². The number of amides is 1. The van der Waals surface area contributed by atoms with Gasteiger partial charge in [-0.25, -0.2) is 4.68 Å². The van der Waals surface area contributed by atoms with Crippen LogP contribution in [0.5, 0.6) is 5.75 Å². The summed E-state index contributed by atoms with van der Waals surface area (Å²) in [5.74, 6) is -0.276. The zero-order valence-corrected chi connectivity index (χ0v) is 15.7. The summed E-state index contributed by atoms with van der Waals surface area (Å²) >= 11 is 6.07. The Morgan fingerprint density at radius 1 is 1.29 bits per heavy atom. The predicted octanol–water partition coefficient (Wildman–Crippen LogP) is 2.63. The van der Waals surface area contributed by atoms with Gasteiger partial charge >= 0.3 is 5.69 Å². The minimum Gasteiger partial charge on any atom is -0.464 e. The van der Waals surface area contributed by atoms with Crippen molar-refractivity contribution in [1.82, 2.24) is 24.9 Å². The van der Waals surface area contributed by atoms with E-state index in [2.05, 4.69) is 15.5 Å². The first kappa shape index (κ1) is 19.4. The number of para-hydroxylation sites is 2. The number of carbonyl (C=O) groups is 1. The first-order valence-electron chi connectivity index (χ1n) is 8.37. The minimum atomic E-state index is -0.526. The van der Waals surface area contributed by atoms with E-state index in [1.165, 1.54) is 22.9 Å². The molecule has 3 aromatic rings. The molecular formula is C17H17ClN6O4.